The Morgan fingerprint density at radius 2 is 1.81 bits per heavy atom. The zero-order valence-electron chi connectivity index (χ0n) is 17.6. The molecule has 1 N–H and O–H groups in total. The molecule has 1 aromatic carbocycles. The van der Waals surface area contributed by atoms with E-state index in [1.54, 1.807) is 13.8 Å². The number of hydrogen-bond donors (Lipinski definition) is 1. The number of benzene rings is 1. The minimum atomic E-state index is -1.12. The average Bonchev–Trinajstić information content (AvgIpc) is 3.42. The normalized spacial score (nSPS) is 26.4. The Morgan fingerprint density at radius 1 is 1.19 bits per heavy atom. The molecule has 1 saturated heterocycles. The van der Waals surface area contributed by atoms with E-state index in [1.165, 1.54) is 24.3 Å². The van der Waals surface area contributed by atoms with Gasteiger partial charge in [0.05, 0.1) is 16.8 Å². The molecule has 1 saturated carbocycles. The Morgan fingerprint density at radius 3 is 2.38 bits per heavy atom. The molecule has 4 rings (SSSR count). The van der Waals surface area contributed by atoms with Crippen molar-refractivity contribution in [2.24, 2.45) is 29.6 Å². The van der Waals surface area contributed by atoms with Crippen LogP contribution < -0.4 is 5.32 Å². The highest BCUT2D eigenvalue weighted by atomic mass is 16.6. The van der Waals surface area contributed by atoms with Gasteiger partial charge in [0.15, 0.2) is 6.61 Å². The molecule has 32 heavy (non-hydrogen) atoms. The lowest BCUT2D eigenvalue weighted by molar-refractivity contribution is -0.384. The first-order valence-corrected chi connectivity index (χ1v) is 10.4. The Bertz CT molecular complexity index is 1000. The molecule has 0 aromatic heterocycles. The summed E-state index contributed by atoms with van der Waals surface area (Å²) < 4.78 is 5.13. The van der Waals surface area contributed by atoms with Crippen LogP contribution >= 0.6 is 0 Å². The Balaban J connectivity index is 1.41. The predicted molar refractivity (Wildman–Crippen MR) is 111 cm³/mol. The molecule has 0 spiro atoms. The molecule has 1 aromatic rings. The Hall–Kier alpha value is -3.56. The van der Waals surface area contributed by atoms with Crippen LogP contribution in [0.2, 0.25) is 0 Å². The van der Waals surface area contributed by atoms with Crippen molar-refractivity contribution in [1.29, 1.82) is 0 Å². The van der Waals surface area contributed by atoms with Crippen molar-refractivity contribution in [3.05, 3.63) is 46.5 Å². The van der Waals surface area contributed by atoms with E-state index in [9.17, 15) is 29.3 Å². The maximum absolute atomic E-state index is 13.0. The molecule has 3 amide bonds. The van der Waals surface area contributed by atoms with Gasteiger partial charge in [-0.05, 0) is 30.2 Å². The standard InChI is InChI=1S/C22H23N3O7/c1-11(2)19(24-20(27)17-12-6-7-13(8-12)18(17)21(24)28)22(29)32-10-16(26)23-14-4-3-5-15(9-14)25(30)31/h3-7,9,11-13,17-19H,8,10H2,1-2H3,(H,23,26)/t12-,13-,17-,18+,19-/m0/s1. The van der Waals surface area contributed by atoms with E-state index in [4.69, 9.17) is 4.74 Å². The highest BCUT2D eigenvalue weighted by Crippen LogP contribution is 2.53. The van der Waals surface area contributed by atoms with Gasteiger partial charge in [-0.3, -0.25) is 29.4 Å². The summed E-state index contributed by atoms with van der Waals surface area (Å²) >= 11 is 0. The fraction of sp³-hybridized carbons (Fsp3) is 0.455. The number of imide groups is 1. The molecule has 2 fully saturated rings. The van der Waals surface area contributed by atoms with Gasteiger partial charge in [-0.2, -0.15) is 0 Å². The topological polar surface area (TPSA) is 136 Å². The number of allylic oxidation sites excluding steroid dienone is 2. The van der Waals surface area contributed by atoms with Crippen molar-refractivity contribution in [2.45, 2.75) is 26.3 Å². The van der Waals surface area contributed by atoms with Crippen molar-refractivity contribution in [2.75, 3.05) is 11.9 Å². The number of nitrogens with zero attached hydrogens (tertiary/aromatic N) is 2. The van der Waals surface area contributed by atoms with Gasteiger partial charge in [0.25, 0.3) is 11.6 Å². The first kappa shape index (κ1) is 21.7. The fourth-order valence-corrected chi connectivity index (χ4v) is 4.99. The van der Waals surface area contributed by atoms with E-state index in [0.29, 0.717) is 0 Å². The van der Waals surface area contributed by atoms with Gasteiger partial charge < -0.3 is 10.1 Å². The third-order valence-corrected chi connectivity index (χ3v) is 6.34. The second-order valence-electron chi connectivity index (χ2n) is 8.70. The molecule has 1 aliphatic heterocycles. The quantitative estimate of drug-likeness (QED) is 0.224. The van der Waals surface area contributed by atoms with Crippen molar-refractivity contribution in [1.82, 2.24) is 4.90 Å². The lowest BCUT2D eigenvalue weighted by atomic mass is 9.85. The summed E-state index contributed by atoms with van der Waals surface area (Å²) in [5.74, 6) is -3.45. The van der Waals surface area contributed by atoms with Crippen LogP contribution in [0.4, 0.5) is 11.4 Å². The smallest absolute Gasteiger partial charge is 0.330 e. The van der Waals surface area contributed by atoms with Gasteiger partial charge in [0.2, 0.25) is 11.8 Å². The highest BCUT2D eigenvalue weighted by molar-refractivity contribution is 6.09. The van der Waals surface area contributed by atoms with Crippen molar-refractivity contribution >= 4 is 35.1 Å². The van der Waals surface area contributed by atoms with Crippen LogP contribution in [0.1, 0.15) is 20.3 Å². The number of fused-ring (bicyclic) bond motifs is 5. The number of esters is 1. The summed E-state index contributed by atoms with van der Waals surface area (Å²) in [7, 11) is 0. The van der Waals surface area contributed by atoms with Crippen LogP contribution in [-0.4, -0.2) is 46.2 Å². The third kappa shape index (κ3) is 3.65. The summed E-state index contributed by atoms with van der Waals surface area (Å²) in [6.07, 6.45) is 4.73. The van der Waals surface area contributed by atoms with Crippen LogP contribution in [0.5, 0.6) is 0 Å². The average molecular weight is 441 g/mol. The van der Waals surface area contributed by atoms with E-state index < -0.39 is 47.2 Å². The van der Waals surface area contributed by atoms with Gasteiger partial charge >= 0.3 is 5.97 Å². The van der Waals surface area contributed by atoms with Gasteiger partial charge in [0.1, 0.15) is 6.04 Å². The summed E-state index contributed by atoms with van der Waals surface area (Å²) in [6, 6.07) is 4.22. The molecule has 10 heteroatoms. The number of carbonyl (C=O) groups excluding carboxylic acids is 4. The number of likely N-dealkylation sites (tertiary alicyclic amines) is 1. The number of carbonyl (C=O) groups is 4. The number of amides is 3. The number of rotatable bonds is 7. The van der Waals surface area contributed by atoms with Crippen LogP contribution in [0, 0.1) is 39.7 Å². The second-order valence-corrected chi connectivity index (χ2v) is 8.70. The lowest BCUT2D eigenvalue weighted by Crippen LogP contribution is -2.50. The summed E-state index contributed by atoms with van der Waals surface area (Å²) in [5, 5.41) is 13.3. The Kier molecular flexibility index (Phi) is 5.53. The largest absolute Gasteiger partial charge is 0.454 e. The Labute approximate surface area is 183 Å². The number of nitrogens with one attached hydrogen (secondary N) is 1. The molecule has 168 valence electrons. The first-order valence-electron chi connectivity index (χ1n) is 10.4. The summed E-state index contributed by atoms with van der Waals surface area (Å²) in [4.78, 5) is 62.3. The van der Waals surface area contributed by atoms with Crippen molar-refractivity contribution < 1.29 is 28.8 Å². The van der Waals surface area contributed by atoms with E-state index >= 15 is 0 Å². The number of ether oxygens (including phenoxy) is 1. The van der Waals surface area contributed by atoms with Crippen LogP contribution in [-0.2, 0) is 23.9 Å². The minimum Gasteiger partial charge on any atom is -0.454 e. The van der Waals surface area contributed by atoms with Crippen LogP contribution in [0.3, 0.4) is 0 Å². The fourth-order valence-electron chi connectivity index (χ4n) is 4.99. The lowest BCUT2D eigenvalue weighted by Gasteiger charge is -2.28. The van der Waals surface area contributed by atoms with E-state index in [2.05, 4.69) is 5.32 Å². The molecular weight excluding hydrogens is 418 g/mol. The van der Waals surface area contributed by atoms with E-state index in [1.807, 2.05) is 12.2 Å². The van der Waals surface area contributed by atoms with Crippen molar-refractivity contribution in [3.63, 3.8) is 0 Å². The SMILES string of the molecule is CC(C)[C@@H](C(=O)OCC(=O)Nc1cccc([N+](=O)[O-])c1)N1C(=O)[C@@H]2[C@H](C1=O)[C@H]1C=C[C@H]2C1. The zero-order chi connectivity index (χ0) is 23.2. The first-order chi connectivity index (χ1) is 15.2. The van der Waals surface area contributed by atoms with Crippen molar-refractivity contribution in [3.8, 4) is 0 Å². The number of non-ortho nitro benzene ring substituents is 1. The molecule has 3 aliphatic rings. The maximum atomic E-state index is 13.0. The number of hydrogen-bond acceptors (Lipinski definition) is 7. The monoisotopic (exact) mass is 441 g/mol. The van der Waals surface area contributed by atoms with Gasteiger partial charge in [-0.25, -0.2) is 4.79 Å². The van der Waals surface area contributed by atoms with E-state index in [0.717, 1.165) is 11.3 Å². The summed E-state index contributed by atoms with van der Waals surface area (Å²) in [6.45, 7) is 2.76. The zero-order valence-corrected chi connectivity index (χ0v) is 17.6. The van der Waals surface area contributed by atoms with Crippen LogP contribution in [0.25, 0.3) is 0 Å². The second kappa shape index (κ2) is 8.18. The number of nitro benzene ring substituents is 1. The van der Waals surface area contributed by atoms with Gasteiger partial charge in [-0.15, -0.1) is 0 Å². The predicted octanol–water partition coefficient (Wildman–Crippen LogP) is 1.91. The molecular formula is C22H23N3O7. The van der Waals surface area contributed by atoms with E-state index in [-0.39, 0.29) is 35.0 Å². The molecule has 2 bridgehead atoms. The number of anilines is 1. The van der Waals surface area contributed by atoms with Gasteiger partial charge in [-0.1, -0.05) is 32.1 Å². The minimum absolute atomic E-state index is 0.0241. The van der Waals surface area contributed by atoms with Gasteiger partial charge in [0, 0.05) is 17.8 Å². The molecule has 10 nitrogen and oxygen atoms in total. The highest BCUT2D eigenvalue weighted by Gasteiger charge is 2.61. The molecule has 1 heterocycles. The van der Waals surface area contributed by atoms with Crippen LogP contribution in [0.15, 0.2) is 36.4 Å². The summed E-state index contributed by atoms with van der Waals surface area (Å²) in [5.41, 5.74) is -0.0129. The molecule has 0 radical (unpaired) electrons. The molecule has 5 atom stereocenters. The maximum Gasteiger partial charge on any atom is 0.330 e. The third-order valence-electron chi connectivity index (χ3n) is 6.34. The number of nitro groups is 1. The molecule has 0 unspecified atom stereocenters. The molecule has 2 aliphatic carbocycles.